The number of carboxylic acid groups (broad SMARTS) is 1. The number of thiophene rings is 1. The Morgan fingerprint density at radius 2 is 2.20 bits per heavy atom. The number of hydrogen-bond donors (Lipinski definition) is 2. The molecule has 0 aliphatic heterocycles. The van der Waals surface area contributed by atoms with E-state index in [2.05, 4.69) is 10.3 Å². The molecule has 0 atom stereocenters. The van der Waals surface area contributed by atoms with Crippen molar-refractivity contribution in [2.45, 2.75) is 13.5 Å². The summed E-state index contributed by atoms with van der Waals surface area (Å²) in [4.78, 5) is 28.7. The number of aliphatic carboxylic acids is 1. The lowest BCUT2D eigenvalue weighted by molar-refractivity contribution is -0.131. The molecule has 2 aromatic rings. The first kappa shape index (κ1) is 14.4. The molecule has 2 rings (SSSR count). The molecule has 2 heterocycles. The Morgan fingerprint density at radius 1 is 1.40 bits per heavy atom. The molecule has 2 N–H and O–H groups in total. The van der Waals surface area contributed by atoms with Crippen LogP contribution in [0.25, 0.3) is 6.08 Å². The molecule has 104 valence electrons. The third-order valence-corrected chi connectivity index (χ3v) is 4.30. The molecule has 0 spiro atoms. The molecule has 1 amide bonds. The van der Waals surface area contributed by atoms with Crippen LogP contribution in [-0.4, -0.2) is 22.0 Å². The van der Waals surface area contributed by atoms with E-state index in [1.165, 1.54) is 28.7 Å². The van der Waals surface area contributed by atoms with Crippen LogP contribution in [0.2, 0.25) is 0 Å². The number of aromatic nitrogens is 1. The third kappa shape index (κ3) is 4.01. The highest BCUT2D eigenvalue weighted by Gasteiger charge is 2.09. The number of amides is 1. The maximum atomic E-state index is 11.8. The van der Waals surface area contributed by atoms with Crippen molar-refractivity contribution in [2.24, 2.45) is 0 Å². The summed E-state index contributed by atoms with van der Waals surface area (Å²) in [5.41, 5.74) is 0. The average molecular weight is 308 g/mol. The van der Waals surface area contributed by atoms with Crippen LogP contribution in [0.4, 0.5) is 0 Å². The number of thiazole rings is 1. The monoisotopic (exact) mass is 308 g/mol. The van der Waals surface area contributed by atoms with Gasteiger partial charge in [-0.1, -0.05) is 0 Å². The van der Waals surface area contributed by atoms with E-state index < -0.39 is 5.97 Å². The molecule has 2 aromatic heterocycles. The van der Waals surface area contributed by atoms with Crippen LogP contribution >= 0.6 is 22.7 Å². The maximum Gasteiger partial charge on any atom is 0.328 e. The molecule has 0 unspecified atom stereocenters. The number of carboxylic acids is 1. The van der Waals surface area contributed by atoms with Gasteiger partial charge in [-0.3, -0.25) is 4.79 Å². The van der Waals surface area contributed by atoms with Crippen molar-refractivity contribution in [2.75, 3.05) is 0 Å². The predicted octanol–water partition coefficient (Wildman–Crippen LogP) is 2.54. The van der Waals surface area contributed by atoms with E-state index in [1.54, 1.807) is 6.20 Å². The van der Waals surface area contributed by atoms with Gasteiger partial charge in [0.25, 0.3) is 5.91 Å². The lowest BCUT2D eigenvalue weighted by atomic mass is 10.4. The van der Waals surface area contributed by atoms with Crippen LogP contribution in [-0.2, 0) is 11.3 Å². The first-order valence-corrected chi connectivity index (χ1v) is 7.38. The van der Waals surface area contributed by atoms with Gasteiger partial charge >= 0.3 is 5.97 Å². The number of nitrogens with zero attached hydrogens (tertiary/aromatic N) is 1. The fourth-order valence-electron chi connectivity index (χ4n) is 1.45. The molecular weight excluding hydrogens is 296 g/mol. The normalized spacial score (nSPS) is 10.8. The second-order valence-electron chi connectivity index (χ2n) is 3.90. The van der Waals surface area contributed by atoms with Crippen molar-refractivity contribution in [1.29, 1.82) is 0 Å². The summed E-state index contributed by atoms with van der Waals surface area (Å²) < 4.78 is 0. The standard InChI is InChI=1S/C13H12N2O3S2/c1-8-14-7-11(19-8)13(18)15-6-10-3-2-9(20-10)4-5-12(16)17/h2-5,7H,6H2,1H3,(H,15,18)(H,16,17)/b5-4+. The van der Waals surface area contributed by atoms with Gasteiger partial charge in [-0.05, 0) is 25.1 Å². The minimum atomic E-state index is -0.978. The highest BCUT2D eigenvalue weighted by Crippen LogP contribution is 2.18. The van der Waals surface area contributed by atoms with Crippen LogP contribution < -0.4 is 5.32 Å². The van der Waals surface area contributed by atoms with E-state index in [0.29, 0.717) is 11.4 Å². The Kier molecular flexibility index (Phi) is 4.65. The lowest BCUT2D eigenvalue weighted by Crippen LogP contribution is -2.21. The second kappa shape index (κ2) is 6.44. The van der Waals surface area contributed by atoms with Crippen molar-refractivity contribution < 1.29 is 14.7 Å². The van der Waals surface area contributed by atoms with Gasteiger partial charge in [-0.25, -0.2) is 9.78 Å². The molecule has 0 fully saturated rings. The fraction of sp³-hybridized carbons (Fsp3) is 0.154. The number of rotatable bonds is 5. The number of carbonyl (C=O) groups is 2. The lowest BCUT2D eigenvalue weighted by Gasteiger charge is -2.00. The summed E-state index contributed by atoms with van der Waals surface area (Å²) in [5.74, 6) is -1.12. The van der Waals surface area contributed by atoms with E-state index >= 15 is 0 Å². The Labute approximate surface area is 123 Å². The van der Waals surface area contributed by atoms with Crippen LogP contribution in [0, 0.1) is 6.92 Å². The highest BCUT2D eigenvalue weighted by atomic mass is 32.1. The Morgan fingerprint density at radius 3 is 2.85 bits per heavy atom. The molecule has 20 heavy (non-hydrogen) atoms. The second-order valence-corrected chi connectivity index (χ2v) is 6.34. The minimum Gasteiger partial charge on any atom is -0.478 e. The maximum absolute atomic E-state index is 11.8. The zero-order chi connectivity index (χ0) is 14.5. The molecule has 0 aromatic carbocycles. The molecule has 0 saturated carbocycles. The van der Waals surface area contributed by atoms with E-state index in [0.717, 1.165) is 20.8 Å². The minimum absolute atomic E-state index is 0.147. The van der Waals surface area contributed by atoms with Crippen molar-refractivity contribution in [1.82, 2.24) is 10.3 Å². The van der Waals surface area contributed by atoms with Gasteiger partial charge in [0.1, 0.15) is 4.88 Å². The van der Waals surface area contributed by atoms with Crippen LogP contribution in [0.15, 0.2) is 24.4 Å². The van der Waals surface area contributed by atoms with Crippen LogP contribution in [0.1, 0.15) is 24.4 Å². The fourth-order valence-corrected chi connectivity index (χ4v) is 3.00. The number of hydrogen-bond acceptors (Lipinski definition) is 5. The molecular formula is C13H12N2O3S2. The van der Waals surface area contributed by atoms with Gasteiger partial charge in [0.05, 0.1) is 17.7 Å². The molecule has 0 aliphatic carbocycles. The smallest absolute Gasteiger partial charge is 0.328 e. The zero-order valence-corrected chi connectivity index (χ0v) is 12.3. The molecule has 0 bridgehead atoms. The molecule has 0 saturated heterocycles. The van der Waals surface area contributed by atoms with E-state index in [9.17, 15) is 9.59 Å². The SMILES string of the molecule is Cc1ncc(C(=O)NCc2ccc(/C=C/C(=O)O)s2)s1. The summed E-state index contributed by atoms with van der Waals surface area (Å²) in [7, 11) is 0. The molecule has 0 aliphatic rings. The summed E-state index contributed by atoms with van der Waals surface area (Å²) >= 11 is 2.79. The zero-order valence-electron chi connectivity index (χ0n) is 10.6. The Hall–Kier alpha value is -1.99. The largest absolute Gasteiger partial charge is 0.478 e. The number of aryl methyl sites for hydroxylation is 1. The van der Waals surface area contributed by atoms with E-state index in [-0.39, 0.29) is 5.91 Å². The van der Waals surface area contributed by atoms with Gasteiger partial charge < -0.3 is 10.4 Å². The van der Waals surface area contributed by atoms with Gasteiger partial charge in [-0.2, -0.15) is 0 Å². The Balaban J connectivity index is 1.91. The molecule has 5 nitrogen and oxygen atoms in total. The first-order chi connectivity index (χ1) is 9.54. The summed E-state index contributed by atoms with van der Waals surface area (Å²) in [6, 6.07) is 3.69. The summed E-state index contributed by atoms with van der Waals surface area (Å²) in [6.45, 7) is 2.27. The molecule has 7 heteroatoms. The summed E-state index contributed by atoms with van der Waals surface area (Å²) in [5, 5.41) is 12.2. The highest BCUT2D eigenvalue weighted by molar-refractivity contribution is 7.13. The topological polar surface area (TPSA) is 79.3 Å². The number of carbonyl (C=O) groups excluding carboxylic acids is 1. The number of nitrogens with one attached hydrogen (secondary N) is 1. The average Bonchev–Trinajstić information content (AvgIpc) is 3.02. The predicted molar refractivity (Wildman–Crippen MR) is 79.0 cm³/mol. The van der Waals surface area contributed by atoms with Crippen molar-refractivity contribution in [3.8, 4) is 0 Å². The van der Waals surface area contributed by atoms with Gasteiger partial charge in [-0.15, -0.1) is 22.7 Å². The van der Waals surface area contributed by atoms with Gasteiger partial charge in [0, 0.05) is 15.8 Å². The van der Waals surface area contributed by atoms with Crippen molar-refractivity contribution in [3.05, 3.63) is 44.0 Å². The first-order valence-electron chi connectivity index (χ1n) is 5.75. The van der Waals surface area contributed by atoms with Crippen LogP contribution in [0.3, 0.4) is 0 Å². The van der Waals surface area contributed by atoms with Gasteiger partial charge in [0.2, 0.25) is 0 Å². The Bertz CT molecular complexity index is 658. The van der Waals surface area contributed by atoms with Crippen molar-refractivity contribution in [3.63, 3.8) is 0 Å². The van der Waals surface area contributed by atoms with Crippen molar-refractivity contribution >= 4 is 40.6 Å². The quantitative estimate of drug-likeness (QED) is 0.832. The summed E-state index contributed by atoms with van der Waals surface area (Å²) in [6.07, 6.45) is 4.18. The van der Waals surface area contributed by atoms with E-state index in [4.69, 9.17) is 5.11 Å². The van der Waals surface area contributed by atoms with Gasteiger partial charge in [0.15, 0.2) is 0 Å². The van der Waals surface area contributed by atoms with E-state index in [1.807, 2.05) is 19.1 Å². The third-order valence-electron chi connectivity index (χ3n) is 2.34. The molecule has 0 radical (unpaired) electrons. The van der Waals surface area contributed by atoms with Crippen LogP contribution in [0.5, 0.6) is 0 Å².